The Bertz CT molecular complexity index is 781. The highest BCUT2D eigenvalue weighted by Crippen LogP contribution is 2.36. The Kier molecular flexibility index (Phi) is 4.26. The van der Waals surface area contributed by atoms with Gasteiger partial charge in [-0.25, -0.2) is 9.59 Å². The zero-order valence-corrected chi connectivity index (χ0v) is 11.8. The molecular formula is C15H12O8. The highest BCUT2D eigenvalue weighted by atomic mass is 16.5. The van der Waals surface area contributed by atoms with Crippen LogP contribution in [-0.4, -0.2) is 39.5 Å². The number of aromatic carboxylic acids is 1. The van der Waals surface area contributed by atoms with E-state index in [9.17, 15) is 24.9 Å². The maximum atomic E-state index is 12.0. The van der Waals surface area contributed by atoms with Gasteiger partial charge >= 0.3 is 11.9 Å². The van der Waals surface area contributed by atoms with Crippen LogP contribution in [0.1, 0.15) is 20.7 Å². The molecule has 23 heavy (non-hydrogen) atoms. The first-order valence-corrected chi connectivity index (χ1v) is 6.22. The Labute approximate surface area is 129 Å². The third kappa shape index (κ3) is 3.26. The van der Waals surface area contributed by atoms with Crippen LogP contribution in [0.15, 0.2) is 30.3 Å². The van der Waals surface area contributed by atoms with Gasteiger partial charge in [-0.3, -0.25) is 0 Å². The Morgan fingerprint density at radius 2 is 1.70 bits per heavy atom. The Morgan fingerprint density at radius 3 is 2.30 bits per heavy atom. The topological polar surface area (TPSA) is 134 Å². The molecule has 2 aromatic carbocycles. The van der Waals surface area contributed by atoms with E-state index in [1.54, 1.807) is 0 Å². The van der Waals surface area contributed by atoms with E-state index in [-0.39, 0.29) is 17.1 Å². The summed E-state index contributed by atoms with van der Waals surface area (Å²) in [5.74, 6) is -4.47. The second kappa shape index (κ2) is 6.14. The van der Waals surface area contributed by atoms with Crippen molar-refractivity contribution in [1.82, 2.24) is 0 Å². The Balaban J connectivity index is 2.43. The van der Waals surface area contributed by atoms with Gasteiger partial charge in [-0.2, -0.15) is 0 Å². The van der Waals surface area contributed by atoms with Crippen LogP contribution in [0.5, 0.6) is 28.7 Å². The van der Waals surface area contributed by atoms with Gasteiger partial charge < -0.3 is 29.9 Å². The van der Waals surface area contributed by atoms with Gasteiger partial charge in [0.25, 0.3) is 0 Å². The molecule has 0 fully saturated rings. The normalized spacial score (nSPS) is 10.1. The lowest BCUT2D eigenvalue weighted by Gasteiger charge is -2.11. The predicted molar refractivity (Wildman–Crippen MR) is 76.3 cm³/mol. The molecule has 0 heterocycles. The number of rotatable bonds is 4. The molecule has 0 bridgehead atoms. The molecule has 2 rings (SSSR count). The van der Waals surface area contributed by atoms with Crippen molar-refractivity contribution in [1.29, 1.82) is 0 Å². The predicted octanol–water partition coefficient (Wildman–Crippen LogP) is 1.73. The van der Waals surface area contributed by atoms with E-state index in [1.165, 1.54) is 7.11 Å². The number of hydrogen-bond donors (Lipinski definition) is 4. The number of hydrogen-bond acceptors (Lipinski definition) is 7. The molecule has 120 valence electrons. The van der Waals surface area contributed by atoms with E-state index < -0.39 is 34.8 Å². The summed E-state index contributed by atoms with van der Waals surface area (Å²) in [5, 5.41) is 37.8. The zero-order chi connectivity index (χ0) is 17.1. The molecule has 0 unspecified atom stereocenters. The van der Waals surface area contributed by atoms with Crippen LogP contribution in [-0.2, 0) is 0 Å². The third-order valence-electron chi connectivity index (χ3n) is 2.92. The number of benzene rings is 2. The first-order valence-electron chi connectivity index (χ1n) is 6.22. The molecule has 0 atom stereocenters. The second-order valence-electron chi connectivity index (χ2n) is 4.42. The maximum Gasteiger partial charge on any atom is 0.347 e. The molecule has 0 aromatic heterocycles. The average Bonchev–Trinajstić information content (AvgIpc) is 2.51. The van der Waals surface area contributed by atoms with Crippen molar-refractivity contribution in [3.05, 3.63) is 41.5 Å². The minimum atomic E-state index is -1.45. The van der Waals surface area contributed by atoms with Gasteiger partial charge in [0.05, 0.1) is 7.11 Å². The number of carboxylic acid groups (broad SMARTS) is 1. The molecule has 0 radical (unpaired) electrons. The maximum absolute atomic E-state index is 12.0. The minimum absolute atomic E-state index is 0.0446. The van der Waals surface area contributed by atoms with E-state index in [4.69, 9.17) is 14.6 Å². The average molecular weight is 320 g/mol. The van der Waals surface area contributed by atoms with Gasteiger partial charge in [0, 0.05) is 6.07 Å². The van der Waals surface area contributed by atoms with Crippen molar-refractivity contribution in [3.63, 3.8) is 0 Å². The molecule has 0 aliphatic carbocycles. The van der Waals surface area contributed by atoms with Crippen molar-refractivity contribution < 1.29 is 39.5 Å². The molecule has 0 saturated heterocycles. The van der Waals surface area contributed by atoms with Crippen LogP contribution in [0.25, 0.3) is 0 Å². The number of esters is 1. The molecule has 2 aromatic rings. The number of carbonyl (C=O) groups excluding carboxylic acids is 1. The van der Waals surface area contributed by atoms with Crippen LogP contribution >= 0.6 is 0 Å². The third-order valence-corrected chi connectivity index (χ3v) is 2.92. The summed E-state index contributed by atoms with van der Waals surface area (Å²) in [5.41, 5.74) is -0.878. The number of ether oxygens (including phenoxy) is 2. The van der Waals surface area contributed by atoms with E-state index in [0.717, 1.165) is 30.3 Å². The highest BCUT2D eigenvalue weighted by molar-refractivity contribution is 5.96. The van der Waals surface area contributed by atoms with Crippen LogP contribution < -0.4 is 9.47 Å². The molecule has 4 N–H and O–H groups in total. The lowest BCUT2D eigenvalue weighted by atomic mass is 10.1. The first kappa shape index (κ1) is 16.0. The molecule has 8 heteroatoms. The van der Waals surface area contributed by atoms with Crippen molar-refractivity contribution >= 4 is 11.9 Å². The van der Waals surface area contributed by atoms with E-state index in [1.807, 2.05) is 0 Å². The van der Waals surface area contributed by atoms with Gasteiger partial charge in [-0.15, -0.1) is 0 Å². The second-order valence-corrected chi connectivity index (χ2v) is 4.42. The van der Waals surface area contributed by atoms with Crippen LogP contribution in [0.4, 0.5) is 0 Å². The number of carbonyl (C=O) groups is 2. The Hall–Kier alpha value is -3.42. The number of methoxy groups -OCH3 is 1. The van der Waals surface area contributed by atoms with Crippen molar-refractivity contribution in [2.75, 3.05) is 7.11 Å². The van der Waals surface area contributed by atoms with E-state index in [0.29, 0.717) is 0 Å². The van der Waals surface area contributed by atoms with Gasteiger partial charge in [0.2, 0.25) is 0 Å². The zero-order valence-electron chi connectivity index (χ0n) is 11.8. The number of phenolic OH excluding ortho intramolecular Hbond substituents is 2. The van der Waals surface area contributed by atoms with Crippen molar-refractivity contribution in [2.24, 2.45) is 0 Å². The summed E-state index contributed by atoms with van der Waals surface area (Å²) in [7, 11) is 1.27. The van der Waals surface area contributed by atoms with Crippen LogP contribution in [0, 0.1) is 0 Å². The van der Waals surface area contributed by atoms with Crippen molar-refractivity contribution in [3.8, 4) is 28.7 Å². The monoisotopic (exact) mass is 320 g/mol. The van der Waals surface area contributed by atoms with Gasteiger partial charge in [-0.1, -0.05) is 0 Å². The van der Waals surface area contributed by atoms with E-state index >= 15 is 0 Å². The van der Waals surface area contributed by atoms with Gasteiger partial charge in [0.15, 0.2) is 11.5 Å². The smallest absolute Gasteiger partial charge is 0.347 e. The summed E-state index contributed by atoms with van der Waals surface area (Å²) in [4.78, 5) is 23.1. The fourth-order valence-corrected chi connectivity index (χ4v) is 1.78. The summed E-state index contributed by atoms with van der Waals surface area (Å²) in [6.07, 6.45) is 0. The quantitative estimate of drug-likeness (QED) is 0.380. The Morgan fingerprint density at radius 1 is 1.00 bits per heavy atom. The minimum Gasteiger partial charge on any atom is -0.508 e. The summed E-state index contributed by atoms with van der Waals surface area (Å²) >= 11 is 0. The standard InChI is InChI=1S/C15H12O8/c1-22-8-5-10(14(19)20)13(18)12(6-8)23-15(21)9-4-7(16)2-3-11(9)17/h2-6,16-18H,1H3,(H,19,20). The van der Waals surface area contributed by atoms with Gasteiger partial charge in [0.1, 0.15) is 28.4 Å². The number of phenols is 3. The summed E-state index contributed by atoms with van der Waals surface area (Å²) in [6.45, 7) is 0. The lowest BCUT2D eigenvalue weighted by molar-refractivity contribution is 0.0679. The highest BCUT2D eigenvalue weighted by Gasteiger charge is 2.21. The molecule has 0 amide bonds. The molecule has 0 spiro atoms. The van der Waals surface area contributed by atoms with Crippen molar-refractivity contribution in [2.45, 2.75) is 0 Å². The first-order chi connectivity index (χ1) is 10.8. The molecular weight excluding hydrogens is 308 g/mol. The summed E-state index contributed by atoms with van der Waals surface area (Å²) in [6, 6.07) is 5.38. The fourth-order valence-electron chi connectivity index (χ4n) is 1.78. The number of aromatic hydroxyl groups is 3. The SMILES string of the molecule is COc1cc(OC(=O)c2cc(O)ccc2O)c(O)c(C(=O)O)c1. The van der Waals surface area contributed by atoms with Crippen LogP contribution in [0.2, 0.25) is 0 Å². The number of carboxylic acids is 1. The largest absolute Gasteiger partial charge is 0.508 e. The molecule has 0 aliphatic rings. The summed E-state index contributed by atoms with van der Waals surface area (Å²) < 4.78 is 9.77. The van der Waals surface area contributed by atoms with E-state index in [2.05, 4.69) is 0 Å². The molecule has 8 nitrogen and oxygen atoms in total. The van der Waals surface area contributed by atoms with Crippen LogP contribution in [0.3, 0.4) is 0 Å². The fraction of sp³-hybridized carbons (Fsp3) is 0.0667. The lowest BCUT2D eigenvalue weighted by Crippen LogP contribution is -2.10. The van der Waals surface area contributed by atoms with Gasteiger partial charge in [-0.05, 0) is 24.3 Å². The molecule has 0 aliphatic heterocycles. The molecule has 0 saturated carbocycles.